The summed E-state index contributed by atoms with van der Waals surface area (Å²) in [5, 5.41) is 10.3. The molecule has 1 aromatic carbocycles. The molecule has 1 N–H and O–H groups in total. The molecule has 3 rings (SSSR count). The number of carbonyl (C=O) groups is 1. The van der Waals surface area contributed by atoms with Crippen LogP contribution in [0.15, 0.2) is 51.9 Å². The van der Waals surface area contributed by atoms with Crippen LogP contribution < -0.4 is 5.56 Å². The zero-order chi connectivity index (χ0) is 15.0. The van der Waals surface area contributed by atoms with Crippen molar-refractivity contribution in [3.05, 3.63) is 67.9 Å². The minimum atomic E-state index is -0.964. The molecule has 6 heteroatoms. The second-order valence-corrected chi connectivity index (χ2v) is 6.41. The first-order chi connectivity index (χ1) is 10.1. The third-order valence-corrected chi connectivity index (χ3v) is 5.00. The number of hydrogen-bond donors (Lipinski definition) is 1. The highest BCUT2D eigenvalue weighted by atomic mass is 79.9. The maximum Gasteiger partial charge on any atom is 0.346 e. The highest BCUT2D eigenvalue weighted by Gasteiger charge is 2.18. The maximum absolute atomic E-state index is 12.1. The SMILES string of the molecule is O=C(O)c1sc2ccccc2c1Cn1cccc(Br)c1=O. The molecule has 0 saturated carbocycles. The smallest absolute Gasteiger partial charge is 0.346 e. The predicted molar refractivity (Wildman–Crippen MR) is 86.3 cm³/mol. The van der Waals surface area contributed by atoms with E-state index in [0.29, 0.717) is 10.0 Å². The summed E-state index contributed by atoms with van der Waals surface area (Å²) in [4.78, 5) is 23.8. The van der Waals surface area contributed by atoms with Crippen molar-refractivity contribution in [2.24, 2.45) is 0 Å². The standard InChI is InChI=1S/C15H10BrNO3S/c16-11-5-3-7-17(14(11)18)8-10-9-4-1-2-6-12(9)21-13(10)15(19)20/h1-7H,8H2,(H,19,20). The van der Waals surface area contributed by atoms with Crippen LogP contribution >= 0.6 is 27.3 Å². The Labute approximate surface area is 132 Å². The number of benzene rings is 1. The van der Waals surface area contributed by atoms with Gasteiger partial charge in [0.2, 0.25) is 0 Å². The number of thiophene rings is 1. The van der Waals surface area contributed by atoms with Crippen LogP contribution in [0.5, 0.6) is 0 Å². The first kappa shape index (κ1) is 14.0. The zero-order valence-electron chi connectivity index (χ0n) is 10.7. The van der Waals surface area contributed by atoms with E-state index < -0.39 is 5.97 Å². The number of aromatic nitrogens is 1. The monoisotopic (exact) mass is 363 g/mol. The second-order valence-electron chi connectivity index (χ2n) is 4.50. The molecule has 0 unspecified atom stereocenters. The summed E-state index contributed by atoms with van der Waals surface area (Å²) in [6.45, 7) is 0.240. The van der Waals surface area contributed by atoms with Gasteiger partial charge in [-0.1, -0.05) is 18.2 Å². The van der Waals surface area contributed by atoms with E-state index in [1.165, 1.54) is 15.9 Å². The van der Waals surface area contributed by atoms with Crippen LogP contribution in [0, 0.1) is 0 Å². The van der Waals surface area contributed by atoms with Crippen molar-refractivity contribution < 1.29 is 9.90 Å². The molecule has 3 aromatic rings. The van der Waals surface area contributed by atoms with E-state index in [1.807, 2.05) is 24.3 Å². The van der Waals surface area contributed by atoms with Gasteiger partial charge in [-0.15, -0.1) is 11.3 Å². The summed E-state index contributed by atoms with van der Waals surface area (Å²) in [6.07, 6.45) is 1.66. The molecule has 0 bridgehead atoms. The molecule has 0 aliphatic heterocycles. The average molecular weight is 364 g/mol. The summed E-state index contributed by atoms with van der Waals surface area (Å²) < 4.78 is 2.87. The van der Waals surface area contributed by atoms with E-state index in [1.54, 1.807) is 18.3 Å². The maximum atomic E-state index is 12.1. The molecule has 21 heavy (non-hydrogen) atoms. The minimum absolute atomic E-state index is 0.177. The Morgan fingerprint density at radius 3 is 2.76 bits per heavy atom. The van der Waals surface area contributed by atoms with Crippen molar-refractivity contribution in [3.63, 3.8) is 0 Å². The molecule has 0 radical (unpaired) electrons. The molecular formula is C15H10BrNO3S. The highest BCUT2D eigenvalue weighted by molar-refractivity contribution is 9.10. The molecule has 0 fully saturated rings. The van der Waals surface area contributed by atoms with Crippen LogP contribution in [-0.4, -0.2) is 15.6 Å². The number of halogens is 1. The minimum Gasteiger partial charge on any atom is -0.477 e. The Balaban J connectivity index is 2.19. The highest BCUT2D eigenvalue weighted by Crippen LogP contribution is 2.31. The van der Waals surface area contributed by atoms with Crippen molar-refractivity contribution in [2.45, 2.75) is 6.54 Å². The van der Waals surface area contributed by atoms with Crippen LogP contribution in [0.25, 0.3) is 10.1 Å². The quantitative estimate of drug-likeness (QED) is 0.773. The fourth-order valence-electron chi connectivity index (χ4n) is 2.23. The Bertz CT molecular complexity index is 897. The van der Waals surface area contributed by atoms with Crippen LogP contribution in [-0.2, 0) is 6.54 Å². The molecule has 4 nitrogen and oxygen atoms in total. The molecule has 0 saturated heterocycles. The van der Waals surface area contributed by atoms with E-state index in [-0.39, 0.29) is 17.0 Å². The van der Waals surface area contributed by atoms with Gasteiger partial charge < -0.3 is 9.67 Å². The number of aromatic carboxylic acids is 1. The Morgan fingerprint density at radius 2 is 2.00 bits per heavy atom. The number of carboxylic acids is 1. The van der Waals surface area contributed by atoms with E-state index >= 15 is 0 Å². The first-order valence-corrected chi connectivity index (χ1v) is 7.77. The molecule has 0 spiro atoms. The Hall–Kier alpha value is -1.92. The van der Waals surface area contributed by atoms with Gasteiger partial charge in [0.15, 0.2) is 0 Å². The fraction of sp³-hybridized carbons (Fsp3) is 0.0667. The lowest BCUT2D eigenvalue weighted by molar-refractivity contribution is 0.0701. The molecule has 0 aliphatic rings. The van der Waals surface area contributed by atoms with Crippen LogP contribution in [0.4, 0.5) is 0 Å². The summed E-state index contributed by atoms with van der Waals surface area (Å²) in [5.41, 5.74) is 0.493. The van der Waals surface area contributed by atoms with E-state index in [2.05, 4.69) is 15.9 Å². The Kier molecular flexibility index (Phi) is 3.65. The van der Waals surface area contributed by atoms with Gasteiger partial charge in [-0.2, -0.15) is 0 Å². The van der Waals surface area contributed by atoms with Gasteiger partial charge in [0.05, 0.1) is 11.0 Å². The predicted octanol–water partition coefficient (Wildman–Crippen LogP) is 3.57. The van der Waals surface area contributed by atoms with Crippen molar-refractivity contribution in [1.29, 1.82) is 0 Å². The molecule has 106 valence electrons. The third-order valence-electron chi connectivity index (χ3n) is 3.19. The third kappa shape index (κ3) is 2.52. The van der Waals surface area contributed by atoms with Crippen LogP contribution in [0.2, 0.25) is 0 Å². The average Bonchev–Trinajstić information content (AvgIpc) is 2.83. The normalized spacial score (nSPS) is 10.9. The van der Waals surface area contributed by atoms with Crippen molar-refractivity contribution in [2.75, 3.05) is 0 Å². The molecule has 0 atom stereocenters. The molecule has 2 heterocycles. The Morgan fingerprint density at radius 1 is 1.24 bits per heavy atom. The lowest BCUT2D eigenvalue weighted by atomic mass is 10.1. The molecular weight excluding hydrogens is 354 g/mol. The largest absolute Gasteiger partial charge is 0.477 e. The lowest BCUT2D eigenvalue weighted by Crippen LogP contribution is -2.20. The molecule has 0 aliphatic carbocycles. The fourth-order valence-corrected chi connectivity index (χ4v) is 3.66. The van der Waals surface area contributed by atoms with Gasteiger partial charge in [-0.3, -0.25) is 4.79 Å². The van der Waals surface area contributed by atoms with Crippen molar-refractivity contribution in [1.82, 2.24) is 4.57 Å². The second kappa shape index (κ2) is 5.46. The molecule has 0 amide bonds. The summed E-state index contributed by atoms with van der Waals surface area (Å²) >= 11 is 4.43. The number of nitrogens with zero attached hydrogens (tertiary/aromatic N) is 1. The van der Waals surface area contributed by atoms with Gasteiger partial charge in [0, 0.05) is 16.5 Å². The van der Waals surface area contributed by atoms with E-state index in [9.17, 15) is 14.7 Å². The van der Waals surface area contributed by atoms with Crippen LogP contribution in [0.1, 0.15) is 15.2 Å². The van der Waals surface area contributed by atoms with E-state index in [4.69, 9.17) is 0 Å². The zero-order valence-corrected chi connectivity index (χ0v) is 13.1. The van der Waals surface area contributed by atoms with Gasteiger partial charge in [-0.25, -0.2) is 4.79 Å². The van der Waals surface area contributed by atoms with Crippen LogP contribution in [0.3, 0.4) is 0 Å². The van der Waals surface area contributed by atoms with E-state index in [0.717, 1.165) is 10.1 Å². The van der Waals surface area contributed by atoms with Crippen molar-refractivity contribution in [3.8, 4) is 0 Å². The number of carboxylic acid groups (broad SMARTS) is 1. The lowest BCUT2D eigenvalue weighted by Gasteiger charge is -2.06. The summed E-state index contributed by atoms with van der Waals surface area (Å²) in [6, 6.07) is 10.9. The van der Waals surface area contributed by atoms with Gasteiger partial charge in [0.1, 0.15) is 4.88 Å². The number of pyridine rings is 1. The topological polar surface area (TPSA) is 59.3 Å². The van der Waals surface area contributed by atoms with Gasteiger partial charge in [-0.05, 0) is 39.5 Å². The number of hydrogen-bond acceptors (Lipinski definition) is 3. The van der Waals surface area contributed by atoms with Gasteiger partial charge >= 0.3 is 5.97 Å². The van der Waals surface area contributed by atoms with Crippen molar-refractivity contribution >= 4 is 43.3 Å². The summed E-state index contributed by atoms with van der Waals surface area (Å²) in [5.74, 6) is -0.964. The number of rotatable bonds is 3. The summed E-state index contributed by atoms with van der Waals surface area (Å²) in [7, 11) is 0. The molecule has 2 aromatic heterocycles. The van der Waals surface area contributed by atoms with Gasteiger partial charge in [0.25, 0.3) is 5.56 Å². The first-order valence-electron chi connectivity index (χ1n) is 6.16. The number of fused-ring (bicyclic) bond motifs is 1.